The molecule has 1 aromatic carbocycles. The van der Waals surface area contributed by atoms with E-state index in [4.69, 9.17) is 11.6 Å². The summed E-state index contributed by atoms with van der Waals surface area (Å²) in [5.41, 5.74) is 0.153. The number of halogens is 2. The summed E-state index contributed by atoms with van der Waals surface area (Å²) in [6.07, 6.45) is 2.19. The van der Waals surface area contributed by atoms with Crippen LogP contribution in [-0.4, -0.2) is 24.4 Å². The molecule has 0 radical (unpaired) electrons. The van der Waals surface area contributed by atoms with Crippen LogP contribution in [0, 0.1) is 5.82 Å². The molecule has 2 rings (SSSR count). The molecule has 20 heavy (non-hydrogen) atoms. The summed E-state index contributed by atoms with van der Waals surface area (Å²) < 4.78 is 13.6. The lowest BCUT2D eigenvalue weighted by Crippen LogP contribution is -2.46. The molecule has 1 aliphatic heterocycles. The molecule has 0 unspecified atom stereocenters. The van der Waals surface area contributed by atoms with Gasteiger partial charge in [-0.25, -0.2) is 4.39 Å². The van der Waals surface area contributed by atoms with Crippen molar-refractivity contribution in [3.63, 3.8) is 0 Å². The molecular formula is C14H16ClFN2O2. The smallest absolute Gasteiger partial charge is 0.242 e. The van der Waals surface area contributed by atoms with Gasteiger partial charge in [-0.15, -0.1) is 0 Å². The number of nitrogens with one attached hydrogen (secondary N) is 2. The highest BCUT2D eigenvalue weighted by atomic mass is 35.5. The first-order valence-electron chi connectivity index (χ1n) is 6.58. The van der Waals surface area contributed by atoms with E-state index < -0.39 is 17.8 Å². The minimum atomic E-state index is -0.546. The Labute approximate surface area is 121 Å². The van der Waals surface area contributed by atoms with Gasteiger partial charge in [0.2, 0.25) is 11.8 Å². The highest BCUT2D eigenvalue weighted by Crippen LogP contribution is 2.19. The Balaban J connectivity index is 2.00. The van der Waals surface area contributed by atoms with Crippen LogP contribution in [0.15, 0.2) is 18.2 Å². The second-order valence-corrected chi connectivity index (χ2v) is 5.19. The van der Waals surface area contributed by atoms with Crippen LogP contribution in [0.3, 0.4) is 0 Å². The van der Waals surface area contributed by atoms with Crippen LogP contribution in [0.5, 0.6) is 0 Å². The molecule has 1 saturated heterocycles. The molecule has 1 heterocycles. The molecule has 4 nitrogen and oxygen atoms in total. The van der Waals surface area contributed by atoms with Gasteiger partial charge in [0.05, 0.1) is 6.42 Å². The van der Waals surface area contributed by atoms with E-state index in [1.165, 1.54) is 18.2 Å². The molecular weight excluding hydrogens is 283 g/mol. The Morgan fingerprint density at radius 1 is 1.45 bits per heavy atom. The molecule has 0 saturated carbocycles. The average Bonchev–Trinajstić information content (AvgIpc) is 2.60. The predicted molar refractivity (Wildman–Crippen MR) is 73.9 cm³/mol. The highest BCUT2D eigenvalue weighted by Gasteiger charge is 2.23. The molecule has 6 heteroatoms. The zero-order valence-electron chi connectivity index (χ0n) is 10.9. The van der Waals surface area contributed by atoms with E-state index in [0.717, 1.165) is 12.8 Å². The van der Waals surface area contributed by atoms with E-state index in [2.05, 4.69) is 10.6 Å². The third-order valence-electron chi connectivity index (χ3n) is 3.27. The normalized spacial score (nSPS) is 19.1. The third kappa shape index (κ3) is 3.70. The summed E-state index contributed by atoms with van der Waals surface area (Å²) in [7, 11) is 0. The van der Waals surface area contributed by atoms with E-state index >= 15 is 0 Å². The summed E-state index contributed by atoms with van der Waals surface area (Å²) >= 11 is 5.87. The van der Waals surface area contributed by atoms with Crippen molar-refractivity contribution in [1.29, 1.82) is 0 Å². The van der Waals surface area contributed by atoms with Gasteiger partial charge in [-0.3, -0.25) is 9.59 Å². The molecule has 0 aromatic heterocycles. The molecule has 1 aromatic rings. The number of carbonyl (C=O) groups is 2. The Morgan fingerprint density at radius 3 is 3.00 bits per heavy atom. The molecule has 2 amide bonds. The Hall–Kier alpha value is -1.62. The van der Waals surface area contributed by atoms with Gasteiger partial charge >= 0.3 is 0 Å². The number of carbonyl (C=O) groups excluding carboxylic acids is 2. The molecule has 0 aliphatic carbocycles. The zero-order chi connectivity index (χ0) is 14.5. The average molecular weight is 299 g/mol. The minimum Gasteiger partial charge on any atom is -0.354 e. The van der Waals surface area contributed by atoms with Crippen molar-refractivity contribution in [1.82, 2.24) is 10.6 Å². The Kier molecular flexibility index (Phi) is 4.95. The van der Waals surface area contributed by atoms with E-state index in [0.29, 0.717) is 13.0 Å². The quantitative estimate of drug-likeness (QED) is 0.894. The van der Waals surface area contributed by atoms with E-state index in [9.17, 15) is 14.0 Å². The van der Waals surface area contributed by atoms with Gasteiger partial charge in [-0.05, 0) is 31.4 Å². The number of hydrogen-bond donors (Lipinski definition) is 2. The Morgan fingerprint density at radius 2 is 2.25 bits per heavy atom. The number of hydrogen-bond acceptors (Lipinski definition) is 2. The fourth-order valence-corrected chi connectivity index (χ4v) is 2.41. The maximum Gasteiger partial charge on any atom is 0.242 e. The highest BCUT2D eigenvalue weighted by molar-refractivity contribution is 6.31. The first-order chi connectivity index (χ1) is 9.58. The SMILES string of the molecule is O=C(Cc1c(F)cccc1Cl)N[C@@H]1CCCCNC1=O. The number of rotatable bonds is 3. The van der Waals surface area contributed by atoms with Gasteiger partial charge in [0.15, 0.2) is 0 Å². The summed E-state index contributed by atoms with van der Waals surface area (Å²) in [6.45, 7) is 0.629. The van der Waals surface area contributed by atoms with Gasteiger partial charge in [0, 0.05) is 17.1 Å². The Bertz CT molecular complexity index is 502. The lowest BCUT2D eigenvalue weighted by Gasteiger charge is -2.15. The lowest BCUT2D eigenvalue weighted by molar-refractivity contribution is -0.128. The molecule has 108 valence electrons. The molecule has 1 fully saturated rings. The van der Waals surface area contributed by atoms with Crippen LogP contribution in [0.25, 0.3) is 0 Å². The van der Waals surface area contributed by atoms with Gasteiger partial charge in [-0.1, -0.05) is 17.7 Å². The monoisotopic (exact) mass is 298 g/mol. The second-order valence-electron chi connectivity index (χ2n) is 4.78. The maximum absolute atomic E-state index is 13.6. The largest absolute Gasteiger partial charge is 0.354 e. The summed E-state index contributed by atoms with van der Waals surface area (Å²) in [4.78, 5) is 23.6. The van der Waals surface area contributed by atoms with Crippen molar-refractivity contribution < 1.29 is 14.0 Å². The zero-order valence-corrected chi connectivity index (χ0v) is 11.7. The van der Waals surface area contributed by atoms with Crippen LogP contribution in [0.1, 0.15) is 24.8 Å². The van der Waals surface area contributed by atoms with Gasteiger partial charge in [0.1, 0.15) is 11.9 Å². The van der Waals surface area contributed by atoms with E-state index in [1.54, 1.807) is 0 Å². The maximum atomic E-state index is 13.6. The van der Waals surface area contributed by atoms with Gasteiger partial charge < -0.3 is 10.6 Å². The number of benzene rings is 1. The van der Waals surface area contributed by atoms with E-state index in [-0.39, 0.29) is 22.9 Å². The van der Waals surface area contributed by atoms with Crippen LogP contribution >= 0.6 is 11.6 Å². The van der Waals surface area contributed by atoms with Crippen LogP contribution in [0.4, 0.5) is 4.39 Å². The number of amides is 2. The summed E-state index contributed by atoms with van der Waals surface area (Å²) in [5, 5.41) is 5.58. The van der Waals surface area contributed by atoms with Crippen molar-refractivity contribution in [2.75, 3.05) is 6.54 Å². The minimum absolute atomic E-state index is 0.153. The molecule has 1 aliphatic rings. The topological polar surface area (TPSA) is 58.2 Å². The van der Waals surface area contributed by atoms with Gasteiger partial charge in [0.25, 0.3) is 0 Å². The van der Waals surface area contributed by atoms with Crippen molar-refractivity contribution in [2.24, 2.45) is 0 Å². The molecule has 2 N–H and O–H groups in total. The summed E-state index contributed by atoms with van der Waals surface area (Å²) in [5.74, 6) is -1.10. The standard InChI is InChI=1S/C14H16ClFN2O2/c15-10-4-3-5-11(16)9(10)8-13(19)18-12-6-1-2-7-17-14(12)20/h3-5,12H,1-2,6-8H2,(H,17,20)(H,18,19)/t12-/m1/s1. The van der Waals surface area contributed by atoms with Crippen molar-refractivity contribution in [2.45, 2.75) is 31.7 Å². The predicted octanol–water partition coefficient (Wildman–Crippen LogP) is 1.81. The molecule has 0 spiro atoms. The van der Waals surface area contributed by atoms with Crippen molar-refractivity contribution in [3.05, 3.63) is 34.6 Å². The molecule has 0 bridgehead atoms. The van der Waals surface area contributed by atoms with Crippen molar-refractivity contribution >= 4 is 23.4 Å². The second kappa shape index (κ2) is 6.70. The van der Waals surface area contributed by atoms with Crippen LogP contribution in [0.2, 0.25) is 5.02 Å². The van der Waals surface area contributed by atoms with Crippen LogP contribution in [-0.2, 0) is 16.0 Å². The third-order valence-corrected chi connectivity index (χ3v) is 3.62. The fourth-order valence-electron chi connectivity index (χ4n) is 2.18. The fraction of sp³-hybridized carbons (Fsp3) is 0.429. The molecule has 1 atom stereocenters. The lowest BCUT2D eigenvalue weighted by atomic mass is 10.1. The van der Waals surface area contributed by atoms with Crippen molar-refractivity contribution in [3.8, 4) is 0 Å². The van der Waals surface area contributed by atoms with Gasteiger partial charge in [-0.2, -0.15) is 0 Å². The van der Waals surface area contributed by atoms with Crippen LogP contribution < -0.4 is 10.6 Å². The van der Waals surface area contributed by atoms with E-state index in [1.807, 2.05) is 0 Å². The first kappa shape index (κ1) is 14.8. The first-order valence-corrected chi connectivity index (χ1v) is 6.95. The summed E-state index contributed by atoms with van der Waals surface area (Å²) in [6, 6.07) is 3.73.